The van der Waals surface area contributed by atoms with Crippen molar-refractivity contribution < 1.29 is 28.5 Å². The van der Waals surface area contributed by atoms with Crippen LogP contribution in [0.25, 0.3) is 0 Å². The van der Waals surface area contributed by atoms with Crippen LogP contribution in [-0.4, -0.2) is 38.3 Å². The first-order valence-electron chi connectivity index (χ1n) is 9.63. The Bertz CT molecular complexity index is 821. The number of carbonyl (C=O) groups is 2. The lowest BCUT2D eigenvalue weighted by atomic mass is 10.1. The van der Waals surface area contributed by atoms with Crippen molar-refractivity contribution in [3.05, 3.63) is 48.0 Å². The fourth-order valence-corrected chi connectivity index (χ4v) is 2.59. The van der Waals surface area contributed by atoms with Gasteiger partial charge >= 0.3 is 5.97 Å². The zero-order valence-electron chi connectivity index (χ0n) is 17.0. The van der Waals surface area contributed by atoms with Crippen molar-refractivity contribution in [3.63, 3.8) is 0 Å². The molecule has 7 heteroatoms. The quantitative estimate of drug-likeness (QED) is 0.579. The number of esters is 1. The van der Waals surface area contributed by atoms with E-state index in [4.69, 9.17) is 18.9 Å². The van der Waals surface area contributed by atoms with Crippen LogP contribution in [0.2, 0.25) is 0 Å². The minimum atomic E-state index is -0.618. The molecule has 0 unspecified atom stereocenters. The van der Waals surface area contributed by atoms with E-state index in [2.05, 4.69) is 5.32 Å². The van der Waals surface area contributed by atoms with Crippen LogP contribution >= 0.6 is 0 Å². The second-order valence-electron chi connectivity index (χ2n) is 5.99. The number of amides is 1. The first kappa shape index (κ1) is 22.1. The van der Waals surface area contributed by atoms with Crippen LogP contribution in [0.3, 0.4) is 0 Å². The highest BCUT2D eigenvalue weighted by atomic mass is 16.6. The molecule has 0 saturated heterocycles. The Hall–Kier alpha value is -3.22. The first-order chi connectivity index (χ1) is 14.1. The largest absolute Gasteiger partial charge is 0.490 e. The molecule has 0 fully saturated rings. The fraction of sp³-hybridized carbons (Fsp3) is 0.364. The number of nitrogens with one attached hydrogen (secondary N) is 1. The van der Waals surface area contributed by atoms with Gasteiger partial charge in [0.05, 0.1) is 13.2 Å². The lowest BCUT2D eigenvalue weighted by Gasteiger charge is -2.13. The van der Waals surface area contributed by atoms with Crippen LogP contribution in [0.5, 0.6) is 17.2 Å². The molecule has 0 aliphatic rings. The normalized spacial score (nSPS) is 10.2. The summed E-state index contributed by atoms with van der Waals surface area (Å²) in [7, 11) is 0. The molecule has 156 valence electrons. The molecule has 0 heterocycles. The minimum absolute atomic E-state index is 0.262. The summed E-state index contributed by atoms with van der Waals surface area (Å²) < 4.78 is 21.5. The Morgan fingerprint density at radius 2 is 1.55 bits per heavy atom. The molecule has 2 aromatic rings. The first-order valence-corrected chi connectivity index (χ1v) is 9.63. The fourth-order valence-electron chi connectivity index (χ4n) is 2.59. The van der Waals surface area contributed by atoms with Gasteiger partial charge in [0.2, 0.25) is 0 Å². The van der Waals surface area contributed by atoms with Gasteiger partial charge in [-0.05, 0) is 44.0 Å². The van der Waals surface area contributed by atoms with Gasteiger partial charge in [-0.1, -0.05) is 25.1 Å². The van der Waals surface area contributed by atoms with Crippen LogP contribution in [0.15, 0.2) is 42.5 Å². The van der Waals surface area contributed by atoms with E-state index >= 15 is 0 Å². The molecule has 2 rings (SSSR count). The second-order valence-corrected chi connectivity index (χ2v) is 5.99. The van der Waals surface area contributed by atoms with Crippen molar-refractivity contribution in [1.82, 2.24) is 0 Å². The average molecular weight is 401 g/mol. The molecule has 0 bridgehead atoms. The molecule has 0 saturated carbocycles. The molecule has 0 aromatic heterocycles. The summed E-state index contributed by atoms with van der Waals surface area (Å²) in [5.41, 5.74) is 1.52. The third kappa shape index (κ3) is 7.03. The maximum Gasteiger partial charge on any atom is 0.344 e. The minimum Gasteiger partial charge on any atom is -0.490 e. The Kier molecular flexibility index (Phi) is 8.82. The van der Waals surface area contributed by atoms with Crippen molar-refractivity contribution in [2.45, 2.75) is 27.2 Å². The molecule has 0 aliphatic carbocycles. The summed E-state index contributed by atoms with van der Waals surface area (Å²) >= 11 is 0. The molecule has 0 aliphatic heterocycles. The second kappa shape index (κ2) is 11.6. The van der Waals surface area contributed by atoms with Gasteiger partial charge in [0, 0.05) is 11.8 Å². The Balaban J connectivity index is 1.83. The smallest absolute Gasteiger partial charge is 0.344 e. The van der Waals surface area contributed by atoms with E-state index in [0.29, 0.717) is 36.1 Å². The highest BCUT2D eigenvalue weighted by Crippen LogP contribution is 2.30. The number of ether oxygens (including phenoxy) is 4. The van der Waals surface area contributed by atoms with Crippen molar-refractivity contribution in [2.24, 2.45) is 0 Å². The zero-order valence-corrected chi connectivity index (χ0v) is 17.0. The summed E-state index contributed by atoms with van der Waals surface area (Å²) in [5, 5.41) is 2.66. The zero-order chi connectivity index (χ0) is 21.1. The van der Waals surface area contributed by atoms with Crippen molar-refractivity contribution in [3.8, 4) is 17.2 Å². The van der Waals surface area contributed by atoms with E-state index in [1.807, 2.05) is 39.0 Å². The van der Waals surface area contributed by atoms with Gasteiger partial charge in [-0.3, -0.25) is 4.79 Å². The highest BCUT2D eigenvalue weighted by molar-refractivity contribution is 5.93. The van der Waals surface area contributed by atoms with Gasteiger partial charge in [-0.2, -0.15) is 0 Å². The molecule has 7 nitrogen and oxygen atoms in total. The number of rotatable bonds is 11. The van der Waals surface area contributed by atoms with E-state index in [-0.39, 0.29) is 6.61 Å². The maximum atomic E-state index is 12.1. The predicted molar refractivity (Wildman–Crippen MR) is 110 cm³/mol. The number of benzene rings is 2. The van der Waals surface area contributed by atoms with Gasteiger partial charge < -0.3 is 24.3 Å². The van der Waals surface area contributed by atoms with Crippen molar-refractivity contribution in [1.29, 1.82) is 0 Å². The van der Waals surface area contributed by atoms with Crippen LogP contribution in [0.1, 0.15) is 26.3 Å². The molecule has 0 spiro atoms. The molecular formula is C22H27NO6. The van der Waals surface area contributed by atoms with E-state index in [9.17, 15) is 9.59 Å². The van der Waals surface area contributed by atoms with Crippen LogP contribution < -0.4 is 19.5 Å². The van der Waals surface area contributed by atoms with Crippen LogP contribution in [-0.2, 0) is 20.7 Å². The predicted octanol–water partition coefficient (Wildman–Crippen LogP) is 3.61. The topological polar surface area (TPSA) is 83.1 Å². The maximum absolute atomic E-state index is 12.1. The van der Waals surface area contributed by atoms with Crippen molar-refractivity contribution >= 4 is 17.6 Å². The van der Waals surface area contributed by atoms with E-state index in [0.717, 1.165) is 12.0 Å². The van der Waals surface area contributed by atoms with E-state index in [1.165, 1.54) is 0 Å². The number of para-hydroxylation sites is 1. The number of hydrogen-bond acceptors (Lipinski definition) is 6. The van der Waals surface area contributed by atoms with Crippen LogP contribution in [0, 0.1) is 0 Å². The molecule has 1 N–H and O–H groups in total. The molecule has 1 amide bonds. The third-order valence-corrected chi connectivity index (χ3v) is 3.89. The van der Waals surface area contributed by atoms with E-state index < -0.39 is 18.5 Å². The van der Waals surface area contributed by atoms with Gasteiger partial charge in [0.25, 0.3) is 5.91 Å². The Labute approximate surface area is 170 Å². The lowest BCUT2D eigenvalue weighted by molar-refractivity contribution is -0.149. The lowest BCUT2D eigenvalue weighted by Crippen LogP contribution is -2.23. The monoisotopic (exact) mass is 401 g/mol. The standard InChI is InChI=1S/C22H27NO6/c1-4-16-9-7-8-10-18(16)28-15-22(25)29-14-21(24)23-17-11-12-19(26-5-2)20(13-17)27-6-3/h7-13H,4-6,14-15H2,1-3H3,(H,23,24). The molecule has 2 aromatic carbocycles. The summed E-state index contributed by atoms with van der Waals surface area (Å²) in [6.45, 7) is 6.05. The molecule has 0 radical (unpaired) electrons. The van der Waals surface area contributed by atoms with Gasteiger partial charge in [-0.25, -0.2) is 4.79 Å². The Morgan fingerprint density at radius 3 is 2.28 bits per heavy atom. The molecule has 29 heavy (non-hydrogen) atoms. The summed E-state index contributed by atoms with van der Waals surface area (Å²) in [6, 6.07) is 12.5. The molecule has 0 atom stereocenters. The Morgan fingerprint density at radius 1 is 0.828 bits per heavy atom. The van der Waals surface area contributed by atoms with E-state index in [1.54, 1.807) is 24.3 Å². The summed E-state index contributed by atoms with van der Waals surface area (Å²) in [5.74, 6) is 0.691. The average Bonchev–Trinajstić information content (AvgIpc) is 2.73. The van der Waals surface area contributed by atoms with Gasteiger partial charge in [0.15, 0.2) is 24.7 Å². The van der Waals surface area contributed by atoms with Gasteiger partial charge in [-0.15, -0.1) is 0 Å². The summed E-state index contributed by atoms with van der Waals surface area (Å²) in [6.07, 6.45) is 0.791. The SMILES string of the molecule is CCOc1ccc(NC(=O)COC(=O)COc2ccccc2CC)cc1OCC. The number of anilines is 1. The highest BCUT2D eigenvalue weighted by Gasteiger charge is 2.12. The summed E-state index contributed by atoms with van der Waals surface area (Å²) in [4.78, 5) is 23.9. The molecular weight excluding hydrogens is 374 g/mol. The van der Waals surface area contributed by atoms with Crippen LogP contribution in [0.4, 0.5) is 5.69 Å². The van der Waals surface area contributed by atoms with Gasteiger partial charge in [0.1, 0.15) is 5.75 Å². The number of carbonyl (C=O) groups excluding carboxylic acids is 2. The third-order valence-electron chi connectivity index (χ3n) is 3.89. The number of hydrogen-bond donors (Lipinski definition) is 1. The number of aryl methyl sites for hydroxylation is 1. The van der Waals surface area contributed by atoms with Crippen molar-refractivity contribution in [2.75, 3.05) is 31.7 Å².